The Morgan fingerprint density at radius 1 is 1.05 bits per heavy atom. The number of para-hydroxylation sites is 1. The highest BCUT2D eigenvalue weighted by Gasteiger charge is 2.32. The molecule has 0 amide bonds. The highest BCUT2D eigenvalue weighted by atomic mass is 16.3. The lowest BCUT2D eigenvalue weighted by Gasteiger charge is -2.30. The number of benzene rings is 2. The Morgan fingerprint density at radius 3 is 2.38 bits per heavy atom. The van der Waals surface area contributed by atoms with Crippen LogP contribution < -0.4 is 0 Å². The minimum absolute atomic E-state index is 0.287. The summed E-state index contributed by atoms with van der Waals surface area (Å²) in [6, 6.07) is 15.7. The first-order valence-corrected chi connectivity index (χ1v) is 7.06. The molecule has 4 nitrogen and oxygen atoms in total. The third-order valence-corrected chi connectivity index (χ3v) is 3.68. The van der Waals surface area contributed by atoms with E-state index in [9.17, 15) is 5.11 Å². The van der Waals surface area contributed by atoms with Crippen molar-refractivity contribution >= 4 is 11.0 Å². The zero-order valence-electron chi connectivity index (χ0n) is 12.5. The summed E-state index contributed by atoms with van der Waals surface area (Å²) in [6.45, 7) is 5.65. The van der Waals surface area contributed by atoms with E-state index in [4.69, 9.17) is 0 Å². The lowest BCUT2D eigenvalue weighted by Crippen LogP contribution is -2.34. The number of aryl methyl sites for hydroxylation is 1. The van der Waals surface area contributed by atoms with Crippen LogP contribution >= 0.6 is 0 Å². The maximum Gasteiger partial charge on any atom is 0.113 e. The molecule has 108 valence electrons. The summed E-state index contributed by atoms with van der Waals surface area (Å²) in [4.78, 5) is 0. The minimum atomic E-state index is -0.953. The van der Waals surface area contributed by atoms with E-state index >= 15 is 0 Å². The Kier molecular flexibility index (Phi) is 3.26. The van der Waals surface area contributed by atoms with Crippen LogP contribution in [0.2, 0.25) is 0 Å². The van der Waals surface area contributed by atoms with Gasteiger partial charge in [0.15, 0.2) is 0 Å². The molecule has 3 aromatic rings. The van der Waals surface area contributed by atoms with Crippen molar-refractivity contribution in [3.05, 3.63) is 59.7 Å². The van der Waals surface area contributed by atoms with Gasteiger partial charge in [0.2, 0.25) is 0 Å². The van der Waals surface area contributed by atoms with Crippen LogP contribution in [0.3, 0.4) is 0 Å². The number of hydrogen-bond donors (Lipinski definition) is 1. The van der Waals surface area contributed by atoms with E-state index in [1.165, 1.54) is 5.56 Å². The predicted octanol–water partition coefficient (Wildman–Crippen LogP) is 3.10. The molecule has 21 heavy (non-hydrogen) atoms. The monoisotopic (exact) mass is 281 g/mol. The third-order valence-electron chi connectivity index (χ3n) is 3.68. The second-order valence-corrected chi connectivity index (χ2v) is 5.99. The maximum atomic E-state index is 10.6. The normalized spacial score (nSPS) is 13.5. The number of aromatic nitrogens is 3. The Bertz CT molecular complexity index is 754. The highest BCUT2D eigenvalue weighted by Crippen LogP contribution is 2.31. The van der Waals surface area contributed by atoms with Crippen LogP contribution in [0.15, 0.2) is 48.5 Å². The van der Waals surface area contributed by atoms with Crippen molar-refractivity contribution in [3.8, 4) is 0 Å². The first-order valence-electron chi connectivity index (χ1n) is 7.06. The molecule has 1 atom stereocenters. The smallest absolute Gasteiger partial charge is 0.113 e. The molecule has 1 N–H and O–H groups in total. The second kappa shape index (κ2) is 4.97. The van der Waals surface area contributed by atoms with Gasteiger partial charge in [-0.05, 0) is 38.5 Å². The summed E-state index contributed by atoms with van der Waals surface area (Å²) in [5.41, 5.74) is 3.01. The zero-order chi connectivity index (χ0) is 15.0. The summed E-state index contributed by atoms with van der Waals surface area (Å²) >= 11 is 0. The van der Waals surface area contributed by atoms with Crippen molar-refractivity contribution in [2.75, 3.05) is 0 Å². The van der Waals surface area contributed by atoms with Gasteiger partial charge >= 0.3 is 0 Å². The van der Waals surface area contributed by atoms with Crippen LogP contribution in [-0.2, 0) is 0 Å². The molecule has 0 radical (unpaired) electrons. The molecule has 3 rings (SSSR count). The van der Waals surface area contributed by atoms with Gasteiger partial charge in [0.1, 0.15) is 11.6 Å². The van der Waals surface area contributed by atoms with Gasteiger partial charge in [0.25, 0.3) is 0 Å². The minimum Gasteiger partial charge on any atom is -0.388 e. The van der Waals surface area contributed by atoms with Crippen LogP contribution in [0, 0.1) is 6.92 Å². The van der Waals surface area contributed by atoms with Gasteiger partial charge in [-0.2, -0.15) is 0 Å². The molecule has 0 aliphatic heterocycles. The Labute approximate surface area is 124 Å². The molecule has 0 aliphatic rings. The van der Waals surface area contributed by atoms with Gasteiger partial charge in [-0.15, -0.1) is 5.10 Å². The van der Waals surface area contributed by atoms with E-state index in [-0.39, 0.29) is 6.04 Å². The molecule has 0 saturated heterocycles. The molecule has 1 heterocycles. The van der Waals surface area contributed by atoms with E-state index in [1.807, 2.05) is 55.5 Å². The van der Waals surface area contributed by atoms with E-state index in [2.05, 4.69) is 10.3 Å². The Morgan fingerprint density at radius 2 is 1.71 bits per heavy atom. The summed E-state index contributed by atoms with van der Waals surface area (Å²) in [5, 5.41) is 19.1. The number of rotatable bonds is 3. The van der Waals surface area contributed by atoms with Crippen LogP contribution in [0.25, 0.3) is 11.0 Å². The first kappa shape index (κ1) is 13.8. The van der Waals surface area contributed by atoms with Gasteiger partial charge in [-0.3, -0.25) is 0 Å². The molecular weight excluding hydrogens is 262 g/mol. The zero-order valence-corrected chi connectivity index (χ0v) is 12.5. The molecule has 0 bridgehead atoms. The Hall–Kier alpha value is -2.20. The standard InChI is InChI=1S/C17H19N3O/c1-12-8-10-13(11-9-12)16(17(2,3)21)20-15-7-5-4-6-14(15)18-19-20/h4-11,16,21H,1-3H3. The van der Waals surface area contributed by atoms with E-state index < -0.39 is 5.60 Å². The number of hydrogen-bond acceptors (Lipinski definition) is 3. The maximum absolute atomic E-state index is 10.6. The average molecular weight is 281 g/mol. The molecule has 2 aromatic carbocycles. The molecule has 1 unspecified atom stereocenters. The van der Waals surface area contributed by atoms with Crippen molar-refractivity contribution < 1.29 is 5.11 Å². The summed E-state index contributed by atoms with van der Waals surface area (Å²) in [7, 11) is 0. The number of fused-ring (bicyclic) bond motifs is 1. The van der Waals surface area contributed by atoms with Crippen molar-refractivity contribution in [3.63, 3.8) is 0 Å². The van der Waals surface area contributed by atoms with Crippen LogP contribution in [0.5, 0.6) is 0 Å². The van der Waals surface area contributed by atoms with Gasteiger partial charge in [0.05, 0.1) is 11.1 Å². The van der Waals surface area contributed by atoms with Gasteiger partial charge in [-0.1, -0.05) is 47.2 Å². The molecule has 0 fully saturated rings. The molecule has 0 spiro atoms. The summed E-state index contributed by atoms with van der Waals surface area (Å²) in [5.74, 6) is 0. The van der Waals surface area contributed by atoms with E-state index in [1.54, 1.807) is 18.5 Å². The highest BCUT2D eigenvalue weighted by molar-refractivity contribution is 5.74. The lowest BCUT2D eigenvalue weighted by atomic mass is 9.91. The fourth-order valence-corrected chi connectivity index (χ4v) is 2.67. The van der Waals surface area contributed by atoms with E-state index in [0.29, 0.717) is 0 Å². The van der Waals surface area contributed by atoms with E-state index in [0.717, 1.165) is 16.6 Å². The predicted molar refractivity (Wildman–Crippen MR) is 83.1 cm³/mol. The largest absolute Gasteiger partial charge is 0.388 e. The van der Waals surface area contributed by atoms with Crippen molar-refractivity contribution in [2.45, 2.75) is 32.4 Å². The summed E-state index contributed by atoms with van der Waals surface area (Å²) < 4.78 is 1.81. The van der Waals surface area contributed by atoms with Crippen molar-refractivity contribution in [1.82, 2.24) is 15.0 Å². The molecule has 0 aliphatic carbocycles. The number of nitrogens with zero attached hydrogens (tertiary/aromatic N) is 3. The molecule has 1 aromatic heterocycles. The SMILES string of the molecule is Cc1ccc(C(n2nnc3ccccc32)C(C)(C)O)cc1. The fraction of sp³-hybridized carbons (Fsp3) is 0.294. The number of aliphatic hydroxyl groups is 1. The molecule has 0 saturated carbocycles. The van der Waals surface area contributed by atoms with Crippen molar-refractivity contribution in [2.24, 2.45) is 0 Å². The third kappa shape index (κ3) is 2.54. The quantitative estimate of drug-likeness (QED) is 0.802. The average Bonchev–Trinajstić information content (AvgIpc) is 2.84. The second-order valence-electron chi connectivity index (χ2n) is 5.99. The van der Waals surface area contributed by atoms with Crippen LogP contribution in [-0.4, -0.2) is 25.7 Å². The lowest BCUT2D eigenvalue weighted by molar-refractivity contribution is 0.0355. The molecular formula is C17H19N3O. The Balaban J connectivity index is 2.19. The topological polar surface area (TPSA) is 50.9 Å². The summed E-state index contributed by atoms with van der Waals surface area (Å²) in [6.07, 6.45) is 0. The van der Waals surface area contributed by atoms with Gasteiger partial charge in [-0.25, -0.2) is 4.68 Å². The van der Waals surface area contributed by atoms with Crippen LogP contribution in [0.4, 0.5) is 0 Å². The van der Waals surface area contributed by atoms with Gasteiger partial charge in [0, 0.05) is 0 Å². The fourth-order valence-electron chi connectivity index (χ4n) is 2.67. The van der Waals surface area contributed by atoms with Crippen LogP contribution in [0.1, 0.15) is 31.0 Å². The molecule has 4 heteroatoms. The van der Waals surface area contributed by atoms with Crippen molar-refractivity contribution in [1.29, 1.82) is 0 Å². The first-order chi connectivity index (χ1) is 9.97. The van der Waals surface area contributed by atoms with Gasteiger partial charge < -0.3 is 5.11 Å².